The fourth-order valence-electron chi connectivity index (χ4n) is 3.60. The molecule has 4 atom stereocenters. The molecule has 0 aromatic heterocycles. The highest BCUT2D eigenvalue weighted by Crippen LogP contribution is 2.65. The molecular formula is C22H19Br2Cl2NO3. The van der Waals surface area contributed by atoms with Gasteiger partial charge in [-0.2, -0.15) is 5.26 Å². The number of halogens is 4. The molecule has 0 saturated heterocycles. The summed E-state index contributed by atoms with van der Waals surface area (Å²) >= 11 is 19.0. The first kappa shape index (κ1) is 23.4. The Labute approximate surface area is 202 Å². The zero-order valence-electron chi connectivity index (χ0n) is 16.2. The zero-order valence-corrected chi connectivity index (χ0v) is 20.9. The third-order valence-corrected chi connectivity index (χ3v) is 8.64. The standard InChI is InChI=1S/C22H19Br2Cl2NO3/c1-21(2)17(19(23)22(24,25)26)18(21)20(28)30-16(12-27)13-7-6-10-15(11-13)29-14-8-4-3-5-9-14/h3-11,16-19H,1-2H3/t16-,17-,18-,19-/m0/s1. The molecule has 0 radical (unpaired) electrons. The summed E-state index contributed by atoms with van der Waals surface area (Å²) < 4.78 is 10.2. The predicted molar refractivity (Wildman–Crippen MR) is 124 cm³/mol. The Morgan fingerprint density at radius 2 is 1.80 bits per heavy atom. The van der Waals surface area contributed by atoms with Crippen LogP contribution in [0.3, 0.4) is 0 Å². The molecule has 1 saturated carbocycles. The van der Waals surface area contributed by atoms with E-state index in [1.165, 1.54) is 0 Å². The van der Waals surface area contributed by atoms with Crippen molar-refractivity contribution in [2.45, 2.75) is 28.0 Å². The van der Waals surface area contributed by atoms with Gasteiger partial charge < -0.3 is 9.47 Å². The van der Waals surface area contributed by atoms with Crippen LogP contribution in [0.4, 0.5) is 0 Å². The molecular weight excluding hydrogens is 557 g/mol. The van der Waals surface area contributed by atoms with E-state index in [0.29, 0.717) is 17.1 Å². The lowest BCUT2D eigenvalue weighted by atomic mass is 10.1. The van der Waals surface area contributed by atoms with Crippen LogP contribution in [0.15, 0.2) is 54.6 Å². The van der Waals surface area contributed by atoms with E-state index in [1.54, 1.807) is 24.3 Å². The van der Waals surface area contributed by atoms with Crippen molar-refractivity contribution in [2.75, 3.05) is 0 Å². The van der Waals surface area contributed by atoms with E-state index in [2.05, 4.69) is 37.9 Å². The van der Waals surface area contributed by atoms with Gasteiger partial charge >= 0.3 is 5.97 Å². The third-order valence-electron chi connectivity index (χ3n) is 5.28. The van der Waals surface area contributed by atoms with Crippen LogP contribution in [0.2, 0.25) is 0 Å². The van der Waals surface area contributed by atoms with Gasteiger partial charge in [-0.3, -0.25) is 4.79 Å². The number of carbonyl (C=O) groups excluding carboxylic acids is 1. The number of esters is 1. The van der Waals surface area contributed by atoms with Crippen LogP contribution >= 0.6 is 55.1 Å². The van der Waals surface area contributed by atoms with Gasteiger partial charge in [-0.25, -0.2) is 0 Å². The van der Waals surface area contributed by atoms with Crippen molar-refractivity contribution >= 4 is 61.0 Å². The van der Waals surface area contributed by atoms with Crippen molar-refractivity contribution in [1.82, 2.24) is 0 Å². The first-order chi connectivity index (χ1) is 14.1. The number of ether oxygens (including phenoxy) is 2. The number of benzene rings is 2. The SMILES string of the molecule is CC1(C)[C@H]([C@H](Br)C(Cl)(Cl)Br)[C@H]1C(=O)O[C@@H](C#N)c1cccc(Oc2ccccc2)c1. The van der Waals surface area contributed by atoms with Gasteiger partial charge in [0.05, 0.1) is 10.7 Å². The molecule has 3 rings (SSSR count). The maximum absolute atomic E-state index is 12.9. The van der Waals surface area contributed by atoms with Crippen LogP contribution in [0.1, 0.15) is 25.5 Å². The number of hydrogen-bond acceptors (Lipinski definition) is 4. The number of nitriles is 1. The van der Waals surface area contributed by atoms with Gasteiger partial charge in [-0.15, -0.1) is 0 Å². The van der Waals surface area contributed by atoms with E-state index in [9.17, 15) is 10.1 Å². The van der Waals surface area contributed by atoms with Crippen molar-refractivity contribution < 1.29 is 14.3 Å². The predicted octanol–water partition coefficient (Wildman–Crippen LogP) is 7.15. The molecule has 158 valence electrons. The van der Waals surface area contributed by atoms with E-state index < -0.39 is 21.2 Å². The summed E-state index contributed by atoms with van der Waals surface area (Å²) in [6.07, 6.45) is -1.05. The monoisotopic (exact) mass is 573 g/mol. The van der Waals surface area contributed by atoms with E-state index >= 15 is 0 Å². The molecule has 30 heavy (non-hydrogen) atoms. The van der Waals surface area contributed by atoms with Gasteiger partial charge in [0.1, 0.15) is 17.6 Å². The summed E-state index contributed by atoms with van der Waals surface area (Å²) in [5.41, 5.74) is 0.168. The van der Waals surface area contributed by atoms with Crippen molar-refractivity contribution in [3.8, 4) is 17.6 Å². The number of para-hydroxylation sites is 1. The lowest BCUT2D eigenvalue weighted by Gasteiger charge is -2.20. The Morgan fingerprint density at radius 1 is 1.17 bits per heavy atom. The zero-order chi connectivity index (χ0) is 22.1. The minimum Gasteiger partial charge on any atom is -0.457 e. The van der Waals surface area contributed by atoms with Gasteiger partial charge in [0.2, 0.25) is 6.10 Å². The largest absolute Gasteiger partial charge is 0.457 e. The smallest absolute Gasteiger partial charge is 0.311 e. The molecule has 4 nitrogen and oxygen atoms in total. The first-order valence-electron chi connectivity index (χ1n) is 9.19. The minimum atomic E-state index is -1.22. The molecule has 1 fully saturated rings. The quantitative estimate of drug-likeness (QED) is 0.260. The second-order valence-corrected chi connectivity index (χ2v) is 12.2. The molecule has 8 heteroatoms. The summed E-state index contributed by atoms with van der Waals surface area (Å²) in [7, 11) is 0. The van der Waals surface area contributed by atoms with Crippen molar-refractivity contribution in [1.29, 1.82) is 5.26 Å². The lowest BCUT2D eigenvalue weighted by Crippen LogP contribution is -2.24. The van der Waals surface area contributed by atoms with Gasteiger partial charge in [0.15, 0.2) is 3.24 Å². The third kappa shape index (κ3) is 5.13. The molecule has 1 aliphatic carbocycles. The number of carbonyl (C=O) groups is 1. The number of hydrogen-bond donors (Lipinski definition) is 0. The second-order valence-electron chi connectivity index (χ2n) is 7.70. The van der Waals surface area contributed by atoms with Gasteiger partial charge in [-0.05, 0) is 51.5 Å². The first-order valence-corrected chi connectivity index (χ1v) is 11.7. The normalized spacial score (nSPS) is 21.8. The molecule has 0 spiro atoms. The average Bonchev–Trinajstić information content (AvgIpc) is 3.27. The van der Waals surface area contributed by atoms with E-state index in [-0.39, 0.29) is 16.2 Å². The molecule has 2 aromatic rings. The number of rotatable bonds is 7. The highest BCUT2D eigenvalue weighted by atomic mass is 79.9. The average molecular weight is 576 g/mol. The van der Waals surface area contributed by atoms with Gasteiger partial charge in [0.25, 0.3) is 0 Å². The second kappa shape index (κ2) is 9.08. The summed E-state index contributed by atoms with van der Waals surface area (Å²) in [5, 5.41) is 9.62. The van der Waals surface area contributed by atoms with Crippen molar-refractivity contribution in [3.63, 3.8) is 0 Å². The summed E-state index contributed by atoms with van der Waals surface area (Å²) in [5.74, 6) is 0.183. The Kier molecular flexibility index (Phi) is 7.08. The minimum absolute atomic E-state index is 0.147. The molecule has 0 unspecified atom stereocenters. The number of alkyl halides is 4. The fraction of sp³-hybridized carbons (Fsp3) is 0.364. The maximum atomic E-state index is 12.9. The Morgan fingerprint density at radius 3 is 2.40 bits per heavy atom. The number of nitrogens with zero attached hydrogens (tertiary/aromatic N) is 1. The molecule has 0 heterocycles. The van der Waals surface area contributed by atoms with E-state index in [1.807, 2.05) is 44.2 Å². The van der Waals surface area contributed by atoms with Crippen LogP contribution in [0, 0.1) is 28.6 Å². The lowest BCUT2D eigenvalue weighted by molar-refractivity contribution is -0.149. The summed E-state index contributed by atoms with van der Waals surface area (Å²) in [6, 6.07) is 18.3. The topological polar surface area (TPSA) is 59.3 Å². The highest BCUT2D eigenvalue weighted by Gasteiger charge is 2.67. The molecule has 1 aliphatic rings. The summed E-state index contributed by atoms with van der Waals surface area (Å²) in [6.45, 7) is 3.89. The Bertz CT molecular complexity index is 957. The van der Waals surface area contributed by atoms with E-state index in [4.69, 9.17) is 32.7 Å². The highest BCUT2D eigenvalue weighted by molar-refractivity contribution is 9.13. The van der Waals surface area contributed by atoms with Gasteiger partial charge in [-0.1, -0.05) is 83.3 Å². The molecule has 0 N–H and O–H groups in total. The van der Waals surface area contributed by atoms with Crippen molar-refractivity contribution in [3.05, 3.63) is 60.2 Å². The summed E-state index contributed by atoms with van der Waals surface area (Å²) in [4.78, 5) is 12.5. The van der Waals surface area contributed by atoms with Crippen LogP contribution < -0.4 is 4.74 Å². The van der Waals surface area contributed by atoms with Crippen LogP contribution in [0.5, 0.6) is 11.5 Å². The van der Waals surface area contributed by atoms with Crippen LogP contribution in [-0.2, 0) is 9.53 Å². The van der Waals surface area contributed by atoms with Crippen LogP contribution in [-0.4, -0.2) is 14.0 Å². The fourth-order valence-corrected chi connectivity index (χ4v) is 5.14. The van der Waals surface area contributed by atoms with Crippen molar-refractivity contribution in [2.24, 2.45) is 17.3 Å². The molecule has 0 amide bonds. The van der Waals surface area contributed by atoms with E-state index in [0.717, 1.165) is 0 Å². The van der Waals surface area contributed by atoms with Gasteiger partial charge in [0, 0.05) is 5.56 Å². The molecule has 0 bridgehead atoms. The Balaban J connectivity index is 1.72. The Hall–Kier alpha value is -1.26. The molecule has 0 aliphatic heterocycles. The maximum Gasteiger partial charge on any atom is 0.311 e. The molecule has 2 aromatic carbocycles. The van der Waals surface area contributed by atoms with Crippen LogP contribution in [0.25, 0.3) is 0 Å².